The maximum Gasteiger partial charge on any atom is 0.260 e. The molecule has 0 radical (unpaired) electrons. The Morgan fingerprint density at radius 3 is 2.52 bits per heavy atom. The van der Waals surface area contributed by atoms with Crippen molar-refractivity contribution in [2.45, 2.75) is 4.90 Å². The molecule has 7 nitrogen and oxygen atoms in total. The van der Waals surface area contributed by atoms with Gasteiger partial charge in [-0.2, -0.15) is 0 Å². The van der Waals surface area contributed by atoms with E-state index in [-0.39, 0.29) is 12.5 Å². The number of amides is 1. The topological polar surface area (TPSA) is 79.8 Å². The van der Waals surface area contributed by atoms with Crippen molar-refractivity contribution in [2.75, 3.05) is 43.9 Å². The zero-order valence-electron chi connectivity index (χ0n) is 18.1. The van der Waals surface area contributed by atoms with E-state index in [2.05, 4.69) is 9.88 Å². The molecule has 0 spiro atoms. The molecular weight excluding hydrogens is 458 g/mol. The van der Waals surface area contributed by atoms with Gasteiger partial charge in [-0.05, 0) is 41.1 Å². The van der Waals surface area contributed by atoms with Gasteiger partial charge in [0.05, 0.1) is 15.1 Å². The Morgan fingerprint density at radius 1 is 1.00 bits per heavy atom. The van der Waals surface area contributed by atoms with E-state index in [4.69, 9.17) is 4.74 Å². The van der Waals surface area contributed by atoms with Crippen LogP contribution in [0.4, 0.5) is 5.13 Å². The number of sulfone groups is 1. The number of thiazole rings is 1. The molecule has 33 heavy (non-hydrogen) atoms. The van der Waals surface area contributed by atoms with E-state index in [9.17, 15) is 13.2 Å². The van der Waals surface area contributed by atoms with E-state index in [1.807, 2.05) is 47.4 Å². The predicted molar refractivity (Wildman–Crippen MR) is 131 cm³/mol. The van der Waals surface area contributed by atoms with Gasteiger partial charge in [-0.15, -0.1) is 0 Å². The molecule has 1 aliphatic rings. The van der Waals surface area contributed by atoms with Crippen molar-refractivity contribution in [3.8, 4) is 5.75 Å². The van der Waals surface area contributed by atoms with Crippen molar-refractivity contribution in [1.82, 2.24) is 9.88 Å². The van der Waals surface area contributed by atoms with Gasteiger partial charge in [-0.1, -0.05) is 41.7 Å². The van der Waals surface area contributed by atoms with Crippen LogP contribution in [-0.4, -0.2) is 63.3 Å². The lowest BCUT2D eigenvalue weighted by Crippen LogP contribution is -2.50. The number of hydrogen-bond acceptors (Lipinski definition) is 7. The summed E-state index contributed by atoms with van der Waals surface area (Å²) < 4.78 is 30.2. The van der Waals surface area contributed by atoms with E-state index in [1.54, 1.807) is 18.2 Å². The first-order chi connectivity index (χ1) is 15.9. The highest BCUT2D eigenvalue weighted by Gasteiger charge is 2.23. The van der Waals surface area contributed by atoms with Gasteiger partial charge in [0.1, 0.15) is 5.75 Å². The summed E-state index contributed by atoms with van der Waals surface area (Å²) in [4.78, 5) is 21.6. The normalized spacial score (nSPS) is 14.7. The van der Waals surface area contributed by atoms with Crippen LogP contribution in [0.3, 0.4) is 0 Å². The van der Waals surface area contributed by atoms with Crippen LogP contribution in [0, 0.1) is 0 Å². The minimum atomic E-state index is -3.25. The Bertz CT molecular complexity index is 1440. The average Bonchev–Trinajstić information content (AvgIpc) is 3.25. The van der Waals surface area contributed by atoms with Crippen LogP contribution < -0.4 is 9.64 Å². The van der Waals surface area contributed by atoms with E-state index in [0.717, 1.165) is 26.1 Å². The summed E-state index contributed by atoms with van der Waals surface area (Å²) >= 11 is 1.47. The molecule has 1 fully saturated rings. The van der Waals surface area contributed by atoms with Gasteiger partial charge in [-0.25, -0.2) is 13.4 Å². The highest BCUT2D eigenvalue weighted by molar-refractivity contribution is 7.90. The van der Waals surface area contributed by atoms with Gasteiger partial charge in [0.2, 0.25) is 0 Å². The molecule has 170 valence electrons. The SMILES string of the molecule is CS(=O)(=O)c1ccc2nc(N3CCN(C(=O)COc4ccc5ccccc5c4)CC3)sc2c1. The maximum atomic E-state index is 12.7. The number of hydrogen-bond donors (Lipinski definition) is 0. The van der Waals surface area contributed by atoms with Crippen LogP contribution in [0.2, 0.25) is 0 Å². The minimum absolute atomic E-state index is 0.00768. The largest absolute Gasteiger partial charge is 0.484 e. The third-order valence-corrected chi connectivity index (χ3v) is 7.95. The smallest absolute Gasteiger partial charge is 0.260 e. The third-order valence-electron chi connectivity index (χ3n) is 5.76. The van der Waals surface area contributed by atoms with Crippen LogP contribution >= 0.6 is 11.3 Å². The third kappa shape index (κ3) is 4.65. The molecule has 2 heterocycles. The Kier molecular flexibility index (Phi) is 5.67. The van der Waals surface area contributed by atoms with E-state index < -0.39 is 9.84 Å². The monoisotopic (exact) mass is 481 g/mol. The molecule has 5 rings (SSSR count). The lowest BCUT2D eigenvalue weighted by atomic mass is 10.1. The Balaban J connectivity index is 1.19. The number of carbonyl (C=O) groups is 1. The first-order valence-electron chi connectivity index (χ1n) is 10.6. The van der Waals surface area contributed by atoms with Gasteiger partial charge in [0.15, 0.2) is 21.6 Å². The second-order valence-electron chi connectivity index (χ2n) is 8.06. The number of benzene rings is 3. The highest BCUT2D eigenvalue weighted by Crippen LogP contribution is 2.31. The summed E-state index contributed by atoms with van der Waals surface area (Å²) in [6.45, 7) is 2.52. The Labute approximate surface area is 196 Å². The molecule has 4 aromatic rings. The van der Waals surface area contributed by atoms with Crippen LogP contribution in [0.15, 0.2) is 65.6 Å². The average molecular weight is 482 g/mol. The lowest BCUT2D eigenvalue weighted by Gasteiger charge is -2.34. The zero-order chi connectivity index (χ0) is 23.0. The van der Waals surface area contributed by atoms with Gasteiger partial charge in [-0.3, -0.25) is 4.79 Å². The Morgan fingerprint density at radius 2 is 1.76 bits per heavy atom. The Hall–Kier alpha value is -3.17. The summed E-state index contributed by atoms with van der Waals surface area (Å²) in [5.74, 6) is 0.647. The first-order valence-corrected chi connectivity index (χ1v) is 13.3. The molecule has 0 N–H and O–H groups in total. The van der Waals surface area contributed by atoms with Gasteiger partial charge in [0, 0.05) is 32.4 Å². The van der Waals surface area contributed by atoms with Crippen molar-refractivity contribution >= 4 is 53.2 Å². The fraction of sp³-hybridized carbons (Fsp3) is 0.250. The number of rotatable bonds is 5. The number of ether oxygens (including phenoxy) is 1. The van der Waals surface area contributed by atoms with Crippen LogP contribution in [0.25, 0.3) is 21.0 Å². The predicted octanol–water partition coefficient (Wildman–Crippen LogP) is 3.58. The summed E-state index contributed by atoms with van der Waals surface area (Å²) in [6.07, 6.45) is 1.20. The first kappa shape index (κ1) is 21.7. The molecule has 0 bridgehead atoms. The zero-order valence-corrected chi connectivity index (χ0v) is 19.7. The molecule has 1 aliphatic heterocycles. The van der Waals surface area contributed by atoms with Gasteiger partial charge in [0.25, 0.3) is 5.91 Å². The quantitative estimate of drug-likeness (QED) is 0.434. The fourth-order valence-corrected chi connectivity index (χ4v) is 5.68. The summed E-state index contributed by atoms with van der Waals surface area (Å²) in [7, 11) is -3.25. The number of nitrogens with zero attached hydrogens (tertiary/aromatic N) is 3. The van der Waals surface area contributed by atoms with Crippen molar-refractivity contribution in [3.05, 3.63) is 60.7 Å². The molecule has 0 unspecified atom stereocenters. The van der Waals surface area contributed by atoms with Crippen LogP contribution in [-0.2, 0) is 14.6 Å². The van der Waals surface area contributed by atoms with Crippen molar-refractivity contribution in [2.24, 2.45) is 0 Å². The number of carbonyl (C=O) groups excluding carboxylic acids is 1. The molecule has 1 saturated heterocycles. The second kappa shape index (κ2) is 8.64. The standard InChI is InChI=1S/C24H23N3O4S2/c1-33(29,30)20-8-9-21-22(15-20)32-24(25-21)27-12-10-26(11-13-27)23(28)16-31-19-7-6-17-4-2-3-5-18(17)14-19/h2-9,14-15H,10-13,16H2,1H3. The fourth-order valence-electron chi connectivity index (χ4n) is 3.90. The number of fused-ring (bicyclic) bond motifs is 2. The van der Waals surface area contributed by atoms with E-state index >= 15 is 0 Å². The van der Waals surface area contributed by atoms with Crippen LogP contribution in [0.1, 0.15) is 0 Å². The van der Waals surface area contributed by atoms with Crippen molar-refractivity contribution in [1.29, 1.82) is 0 Å². The number of aromatic nitrogens is 1. The minimum Gasteiger partial charge on any atom is -0.484 e. The van der Waals surface area contributed by atoms with Gasteiger partial charge < -0.3 is 14.5 Å². The van der Waals surface area contributed by atoms with Crippen molar-refractivity contribution < 1.29 is 17.9 Å². The maximum absolute atomic E-state index is 12.7. The second-order valence-corrected chi connectivity index (χ2v) is 11.1. The van der Waals surface area contributed by atoms with Gasteiger partial charge >= 0.3 is 0 Å². The summed E-state index contributed by atoms with van der Waals surface area (Å²) in [5.41, 5.74) is 0.782. The number of anilines is 1. The molecular formula is C24H23N3O4S2. The summed E-state index contributed by atoms with van der Waals surface area (Å²) in [6, 6.07) is 18.9. The number of piperazine rings is 1. The van der Waals surface area contributed by atoms with Crippen molar-refractivity contribution in [3.63, 3.8) is 0 Å². The van der Waals surface area contributed by atoms with Crippen LogP contribution in [0.5, 0.6) is 5.75 Å². The summed E-state index contributed by atoms with van der Waals surface area (Å²) in [5, 5.41) is 3.06. The molecule has 0 saturated carbocycles. The van der Waals surface area contributed by atoms with E-state index in [0.29, 0.717) is 36.8 Å². The molecule has 0 atom stereocenters. The molecule has 0 aliphatic carbocycles. The lowest BCUT2D eigenvalue weighted by molar-refractivity contribution is -0.133. The molecule has 1 amide bonds. The van der Waals surface area contributed by atoms with E-state index in [1.165, 1.54) is 17.6 Å². The molecule has 1 aromatic heterocycles. The highest BCUT2D eigenvalue weighted by atomic mass is 32.2. The molecule has 9 heteroatoms. The molecule has 3 aromatic carbocycles.